The number of hydrogen-bond donors (Lipinski definition) is 1. The summed E-state index contributed by atoms with van der Waals surface area (Å²) in [6.45, 7) is 3.69. The molecule has 31 heavy (non-hydrogen) atoms. The van der Waals surface area contributed by atoms with E-state index in [4.69, 9.17) is 21.1 Å². The maximum absolute atomic E-state index is 12.3. The van der Waals surface area contributed by atoms with E-state index < -0.39 is 11.9 Å². The quantitative estimate of drug-likeness (QED) is 0.252. The Bertz CT molecular complexity index is 1110. The number of benzene rings is 3. The molecule has 158 valence electrons. The second-order valence-corrected chi connectivity index (χ2v) is 7.22. The molecule has 0 heterocycles. The first kappa shape index (κ1) is 22.1. The lowest BCUT2D eigenvalue weighted by atomic mass is 10.1. The van der Waals surface area contributed by atoms with Gasteiger partial charge in [-0.1, -0.05) is 35.9 Å². The first-order valence-corrected chi connectivity index (χ1v) is 9.89. The predicted octanol–water partition coefficient (Wildman–Crippen LogP) is 4.71. The number of nitrogens with one attached hydrogen (secondary N) is 1. The molecule has 0 saturated carbocycles. The topological polar surface area (TPSA) is 77.0 Å². The van der Waals surface area contributed by atoms with Crippen LogP contribution < -0.4 is 14.9 Å². The largest absolute Gasteiger partial charge is 0.483 e. The molecule has 0 unspecified atom stereocenters. The van der Waals surface area contributed by atoms with Crippen LogP contribution in [0.1, 0.15) is 27.0 Å². The first-order valence-electron chi connectivity index (χ1n) is 9.51. The molecule has 0 atom stereocenters. The smallest absolute Gasteiger partial charge is 0.343 e. The molecule has 3 aromatic rings. The van der Waals surface area contributed by atoms with Gasteiger partial charge in [0.25, 0.3) is 5.91 Å². The van der Waals surface area contributed by atoms with E-state index in [0.717, 1.165) is 11.1 Å². The van der Waals surface area contributed by atoms with Gasteiger partial charge in [0.15, 0.2) is 6.61 Å². The predicted molar refractivity (Wildman–Crippen MR) is 120 cm³/mol. The van der Waals surface area contributed by atoms with Crippen LogP contribution in [0, 0.1) is 13.8 Å². The van der Waals surface area contributed by atoms with Gasteiger partial charge in [-0.25, -0.2) is 10.2 Å². The van der Waals surface area contributed by atoms with Crippen molar-refractivity contribution in [2.45, 2.75) is 13.8 Å². The molecule has 0 aliphatic carbocycles. The summed E-state index contributed by atoms with van der Waals surface area (Å²) in [6, 6.07) is 19.0. The summed E-state index contributed by atoms with van der Waals surface area (Å²) in [6.07, 6.45) is 1.40. The van der Waals surface area contributed by atoms with Crippen molar-refractivity contribution in [3.05, 3.63) is 94.0 Å². The molecular weight excluding hydrogens is 416 g/mol. The minimum absolute atomic E-state index is 0.172. The molecule has 7 heteroatoms. The molecule has 1 amide bonds. The van der Waals surface area contributed by atoms with E-state index in [1.807, 2.05) is 32.0 Å². The number of hydrogen-bond acceptors (Lipinski definition) is 5. The molecule has 0 saturated heterocycles. The Morgan fingerprint density at radius 3 is 2.52 bits per heavy atom. The number of ether oxygens (including phenoxy) is 2. The third-order valence-corrected chi connectivity index (χ3v) is 4.55. The average Bonchev–Trinajstić information content (AvgIpc) is 2.76. The van der Waals surface area contributed by atoms with Gasteiger partial charge >= 0.3 is 5.97 Å². The van der Waals surface area contributed by atoms with Gasteiger partial charge in [0, 0.05) is 10.6 Å². The monoisotopic (exact) mass is 436 g/mol. The van der Waals surface area contributed by atoms with Crippen LogP contribution >= 0.6 is 11.6 Å². The summed E-state index contributed by atoms with van der Waals surface area (Å²) in [4.78, 5) is 24.4. The second-order valence-electron chi connectivity index (χ2n) is 6.79. The van der Waals surface area contributed by atoms with Crippen LogP contribution in [0.25, 0.3) is 0 Å². The highest BCUT2D eigenvalue weighted by Crippen LogP contribution is 2.20. The van der Waals surface area contributed by atoms with Crippen molar-refractivity contribution < 1.29 is 19.1 Å². The van der Waals surface area contributed by atoms with Gasteiger partial charge in [-0.05, 0) is 67.4 Å². The second kappa shape index (κ2) is 10.4. The number of para-hydroxylation sites is 1. The number of nitrogens with zero attached hydrogens (tertiary/aromatic N) is 1. The van der Waals surface area contributed by atoms with Crippen molar-refractivity contribution in [2.24, 2.45) is 5.10 Å². The van der Waals surface area contributed by atoms with Gasteiger partial charge in [0.1, 0.15) is 11.5 Å². The zero-order valence-electron chi connectivity index (χ0n) is 17.1. The number of rotatable bonds is 7. The van der Waals surface area contributed by atoms with Crippen molar-refractivity contribution >= 4 is 29.7 Å². The number of carbonyl (C=O) groups is 2. The standard InChI is InChI=1S/C24H21ClN2O4/c1-16-7-8-17(2)22(13-16)30-15-23(28)27-26-14-19-5-3-4-6-21(19)31-24(29)18-9-11-20(25)12-10-18/h3-14H,15H2,1-2H3,(H,27,28)/b26-14+. The highest BCUT2D eigenvalue weighted by atomic mass is 35.5. The Hall–Kier alpha value is -3.64. The van der Waals surface area contributed by atoms with Crippen molar-refractivity contribution in [3.8, 4) is 11.5 Å². The van der Waals surface area contributed by atoms with Crippen LogP contribution in [-0.4, -0.2) is 24.7 Å². The van der Waals surface area contributed by atoms with E-state index in [9.17, 15) is 9.59 Å². The summed E-state index contributed by atoms with van der Waals surface area (Å²) in [5.41, 5.74) is 5.29. The van der Waals surface area contributed by atoms with Crippen molar-refractivity contribution in [1.82, 2.24) is 5.43 Å². The maximum Gasteiger partial charge on any atom is 0.343 e. The fourth-order valence-corrected chi connectivity index (χ4v) is 2.76. The van der Waals surface area contributed by atoms with Crippen LogP contribution in [0.15, 0.2) is 71.8 Å². The van der Waals surface area contributed by atoms with E-state index in [2.05, 4.69) is 10.5 Å². The minimum Gasteiger partial charge on any atom is -0.483 e. The molecule has 0 bridgehead atoms. The lowest BCUT2D eigenvalue weighted by Gasteiger charge is -2.09. The van der Waals surface area contributed by atoms with Crippen molar-refractivity contribution in [2.75, 3.05) is 6.61 Å². The third-order valence-electron chi connectivity index (χ3n) is 4.30. The Labute approximate surface area is 185 Å². The summed E-state index contributed by atoms with van der Waals surface area (Å²) < 4.78 is 11.0. The summed E-state index contributed by atoms with van der Waals surface area (Å²) in [5, 5.41) is 4.46. The zero-order chi connectivity index (χ0) is 22.2. The van der Waals surface area contributed by atoms with Gasteiger partial charge in [-0.2, -0.15) is 5.10 Å². The molecule has 0 spiro atoms. The highest BCUT2D eigenvalue weighted by molar-refractivity contribution is 6.30. The zero-order valence-corrected chi connectivity index (χ0v) is 17.8. The number of halogens is 1. The number of esters is 1. The van der Waals surface area contributed by atoms with Crippen LogP contribution in [0.3, 0.4) is 0 Å². The molecule has 3 rings (SSSR count). The molecule has 0 aliphatic heterocycles. The van der Waals surface area contributed by atoms with E-state index in [1.54, 1.807) is 48.5 Å². The average molecular weight is 437 g/mol. The van der Waals surface area contributed by atoms with E-state index in [1.165, 1.54) is 6.21 Å². The number of carbonyl (C=O) groups excluding carboxylic acids is 2. The SMILES string of the molecule is Cc1ccc(C)c(OCC(=O)N/N=C/c2ccccc2OC(=O)c2ccc(Cl)cc2)c1. The molecule has 0 aromatic heterocycles. The maximum atomic E-state index is 12.3. The highest BCUT2D eigenvalue weighted by Gasteiger charge is 2.11. The number of hydrazone groups is 1. The van der Waals surface area contributed by atoms with E-state index in [-0.39, 0.29) is 6.61 Å². The van der Waals surface area contributed by atoms with Gasteiger partial charge in [-0.15, -0.1) is 0 Å². The summed E-state index contributed by atoms with van der Waals surface area (Å²) in [7, 11) is 0. The Morgan fingerprint density at radius 2 is 1.74 bits per heavy atom. The van der Waals surface area contributed by atoms with Crippen LogP contribution in [0.2, 0.25) is 5.02 Å². The van der Waals surface area contributed by atoms with Crippen LogP contribution in [0.5, 0.6) is 11.5 Å². The summed E-state index contributed by atoms with van der Waals surface area (Å²) in [5.74, 6) is 0.0296. The molecule has 0 fully saturated rings. The van der Waals surface area contributed by atoms with E-state index >= 15 is 0 Å². The Morgan fingerprint density at radius 1 is 1.00 bits per heavy atom. The van der Waals surface area contributed by atoms with Crippen molar-refractivity contribution in [3.63, 3.8) is 0 Å². The number of amides is 1. The molecule has 0 aliphatic rings. The third kappa shape index (κ3) is 6.42. The molecular formula is C24H21ClN2O4. The molecule has 1 N–H and O–H groups in total. The van der Waals surface area contributed by atoms with Crippen molar-refractivity contribution in [1.29, 1.82) is 0 Å². The van der Waals surface area contributed by atoms with Crippen LogP contribution in [-0.2, 0) is 4.79 Å². The minimum atomic E-state index is -0.525. The molecule has 0 radical (unpaired) electrons. The van der Waals surface area contributed by atoms with Gasteiger partial charge < -0.3 is 9.47 Å². The first-order chi connectivity index (χ1) is 14.9. The normalized spacial score (nSPS) is 10.7. The fraction of sp³-hybridized carbons (Fsp3) is 0.125. The number of aryl methyl sites for hydroxylation is 2. The van der Waals surface area contributed by atoms with E-state index in [0.29, 0.717) is 27.6 Å². The molecule has 6 nitrogen and oxygen atoms in total. The van der Waals surface area contributed by atoms with Gasteiger partial charge in [0.05, 0.1) is 11.8 Å². The fourth-order valence-electron chi connectivity index (χ4n) is 2.64. The molecule has 3 aromatic carbocycles. The lowest BCUT2D eigenvalue weighted by molar-refractivity contribution is -0.123. The lowest BCUT2D eigenvalue weighted by Crippen LogP contribution is -2.24. The van der Waals surface area contributed by atoms with Crippen LogP contribution in [0.4, 0.5) is 0 Å². The summed E-state index contributed by atoms with van der Waals surface area (Å²) >= 11 is 5.84. The Balaban J connectivity index is 1.58. The van der Waals surface area contributed by atoms with Gasteiger partial charge in [0.2, 0.25) is 0 Å². The van der Waals surface area contributed by atoms with Gasteiger partial charge in [-0.3, -0.25) is 4.79 Å². The Kier molecular flexibility index (Phi) is 7.40.